The van der Waals surface area contributed by atoms with Gasteiger partial charge in [-0.1, -0.05) is 20.8 Å². The Hall–Kier alpha value is -1.63. The minimum absolute atomic E-state index is 0.118. The first kappa shape index (κ1) is 16.4. The van der Waals surface area contributed by atoms with Crippen LogP contribution in [0.3, 0.4) is 0 Å². The lowest BCUT2D eigenvalue weighted by Gasteiger charge is -2.30. The molecule has 1 heterocycles. The molecule has 1 rings (SSSR count). The van der Waals surface area contributed by atoms with Gasteiger partial charge < -0.3 is 10.4 Å². The number of aryl methyl sites for hydroxylation is 2. The van der Waals surface area contributed by atoms with Crippen LogP contribution >= 0.6 is 11.3 Å². The van der Waals surface area contributed by atoms with E-state index in [9.17, 15) is 9.59 Å². The number of carboxylic acids is 1. The maximum Gasteiger partial charge on any atom is 0.321 e. The number of carbonyl (C=O) groups is 2. The predicted octanol–water partition coefficient (Wildman–Crippen LogP) is 2.77. The van der Waals surface area contributed by atoms with Crippen molar-refractivity contribution in [1.82, 2.24) is 10.3 Å². The highest BCUT2D eigenvalue weighted by molar-refractivity contribution is 7.15. The number of anilines is 1. The summed E-state index contributed by atoms with van der Waals surface area (Å²) >= 11 is 1.39. The van der Waals surface area contributed by atoms with Crippen LogP contribution < -0.4 is 10.6 Å². The fourth-order valence-corrected chi connectivity index (χ4v) is 2.38. The van der Waals surface area contributed by atoms with Gasteiger partial charge in [0.15, 0.2) is 5.13 Å². The normalized spacial score (nSPS) is 12.8. The fraction of sp³-hybridized carbons (Fsp3) is 0.615. The van der Waals surface area contributed by atoms with E-state index in [0.717, 1.165) is 10.6 Å². The van der Waals surface area contributed by atoms with Gasteiger partial charge in [-0.3, -0.25) is 10.1 Å². The van der Waals surface area contributed by atoms with Gasteiger partial charge >= 0.3 is 12.0 Å². The summed E-state index contributed by atoms with van der Waals surface area (Å²) in [5, 5.41) is 14.8. The number of urea groups is 1. The van der Waals surface area contributed by atoms with Crippen molar-refractivity contribution in [3.63, 3.8) is 0 Å². The Morgan fingerprint density at radius 3 is 2.35 bits per heavy atom. The zero-order valence-electron chi connectivity index (χ0n) is 12.4. The van der Waals surface area contributed by atoms with Gasteiger partial charge in [0.2, 0.25) is 0 Å². The molecule has 0 radical (unpaired) electrons. The Morgan fingerprint density at radius 1 is 1.35 bits per heavy atom. The number of aromatic nitrogens is 1. The quantitative estimate of drug-likeness (QED) is 0.797. The van der Waals surface area contributed by atoms with Gasteiger partial charge in [0.1, 0.15) is 0 Å². The molecular weight excluding hydrogens is 278 g/mol. The molecule has 1 aromatic rings. The number of hydrogen-bond donors (Lipinski definition) is 3. The third-order valence-corrected chi connectivity index (χ3v) is 3.97. The first-order valence-electron chi connectivity index (χ1n) is 6.33. The first-order chi connectivity index (χ1) is 9.09. The lowest BCUT2D eigenvalue weighted by Crippen LogP contribution is -2.46. The molecule has 0 aliphatic heterocycles. The molecule has 20 heavy (non-hydrogen) atoms. The van der Waals surface area contributed by atoms with Gasteiger partial charge in [0, 0.05) is 10.9 Å². The number of hydrogen-bond acceptors (Lipinski definition) is 4. The molecule has 0 aliphatic carbocycles. The topological polar surface area (TPSA) is 91.3 Å². The van der Waals surface area contributed by atoms with Crippen LogP contribution in [0.2, 0.25) is 0 Å². The van der Waals surface area contributed by atoms with Crippen molar-refractivity contribution in [2.24, 2.45) is 5.41 Å². The van der Waals surface area contributed by atoms with Crippen molar-refractivity contribution in [2.45, 2.75) is 47.1 Å². The van der Waals surface area contributed by atoms with E-state index in [4.69, 9.17) is 5.11 Å². The Bertz CT molecular complexity index is 486. The number of carbonyl (C=O) groups excluding carboxylic acids is 1. The van der Waals surface area contributed by atoms with E-state index in [1.54, 1.807) is 0 Å². The van der Waals surface area contributed by atoms with Crippen LogP contribution in [-0.2, 0) is 4.79 Å². The van der Waals surface area contributed by atoms with Gasteiger partial charge in [0.05, 0.1) is 12.1 Å². The molecule has 0 saturated carbocycles. The second kappa shape index (κ2) is 6.21. The molecule has 0 fully saturated rings. The van der Waals surface area contributed by atoms with Crippen LogP contribution in [0.25, 0.3) is 0 Å². The zero-order chi connectivity index (χ0) is 15.5. The van der Waals surface area contributed by atoms with Crippen molar-refractivity contribution in [3.05, 3.63) is 10.6 Å². The number of thiazole rings is 1. The Morgan fingerprint density at radius 2 is 1.95 bits per heavy atom. The van der Waals surface area contributed by atoms with Crippen LogP contribution in [-0.4, -0.2) is 28.1 Å². The predicted molar refractivity (Wildman–Crippen MR) is 79.2 cm³/mol. The molecule has 3 N–H and O–H groups in total. The van der Waals surface area contributed by atoms with Crippen LogP contribution in [0.4, 0.5) is 9.93 Å². The average Bonchev–Trinajstić information content (AvgIpc) is 2.54. The molecule has 1 aromatic heterocycles. The number of nitrogens with zero attached hydrogens (tertiary/aromatic N) is 1. The lowest BCUT2D eigenvalue weighted by molar-refractivity contribution is -0.138. The van der Waals surface area contributed by atoms with E-state index < -0.39 is 18.0 Å². The molecular formula is C13H21N3O3S. The van der Waals surface area contributed by atoms with Crippen molar-refractivity contribution >= 4 is 28.5 Å². The molecule has 1 unspecified atom stereocenters. The standard InChI is InChI=1S/C13H21N3O3S/c1-7-8(2)20-12(14-7)16-11(19)15-9(6-10(17)18)13(3,4)5/h9H,6H2,1-5H3,(H,17,18)(H2,14,15,16,19). The van der Waals surface area contributed by atoms with Crippen molar-refractivity contribution in [3.8, 4) is 0 Å². The van der Waals surface area contributed by atoms with E-state index in [-0.39, 0.29) is 11.8 Å². The van der Waals surface area contributed by atoms with E-state index in [1.165, 1.54) is 11.3 Å². The van der Waals surface area contributed by atoms with E-state index >= 15 is 0 Å². The largest absolute Gasteiger partial charge is 0.481 e. The zero-order valence-corrected chi connectivity index (χ0v) is 13.2. The lowest BCUT2D eigenvalue weighted by atomic mass is 9.85. The summed E-state index contributed by atoms with van der Waals surface area (Å²) in [7, 11) is 0. The molecule has 2 amide bonds. The maximum atomic E-state index is 11.9. The van der Waals surface area contributed by atoms with Crippen LogP contribution in [0.15, 0.2) is 0 Å². The molecule has 0 aliphatic rings. The van der Waals surface area contributed by atoms with Crippen LogP contribution in [0.1, 0.15) is 37.8 Å². The molecule has 112 valence electrons. The van der Waals surface area contributed by atoms with Gasteiger partial charge in [-0.25, -0.2) is 9.78 Å². The summed E-state index contributed by atoms with van der Waals surface area (Å²) in [4.78, 5) is 28.0. The SMILES string of the molecule is Cc1nc(NC(=O)NC(CC(=O)O)C(C)(C)C)sc1C. The number of rotatable bonds is 4. The summed E-state index contributed by atoms with van der Waals surface area (Å²) in [5.74, 6) is -0.939. The minimum Gasteiger partial charge on any atom is -0.481 e. The highest BCUT2D eigenvalue weighted by atomic mass is 32.1. The van der Waals surface area contributed by atoms with Gasteiger partial charge in [-0.05, 0) is 19.3 Å². The summed E-state index contributed by atoms with van der Waals surface area (Å²) in [6.45, 7) is 9.46. The molecule has 7 heteroatoms. The third-order valence-electron chi connectivity index (χ3n) is 2.98. The highest BCUT2D eigenvalue weighted by Gasteiger charge is 2.28. The maximum absolute atomic E-state index is 11.9. The summed E-state index contributed by atoms with van der Waals surface area (Å²) in [5.41, 5.74) is 0.535. The fourth-order valence-electron chi connectivity index (χ4n) is 1.57. The Kier molecular flexibility index (Phi) is 5.10. The van der Waals surface area contributed by atoms with Crippen LogP contribution in [0.5, 0.6) is 0 Å². The van der Waals surface area contributed by atoms with Crippen molar-refractivity contribution in [2.75, 3.05) is 5.32 Å². The van der Waals surface area contributed by atoms with Crippen molar-refractivity contribution in [1.29, 1.82) is 0 Å². The first-order valence-corrected chi connectivity index (χ1v) is 7.14. The van der Waals surface area contributed by atoms with Gasteiger partial charge in [-0.2, -0.15) is 0 Å². The van der Waals surface area contributed by atoms with Crippen LogP contribution in [0, 0.1) is 19.3 Å². The second-order valence-corrected chi connectivity index (χ2v) is 6.98. The van der Waals surface area contributed by atoms with Gasteiger partial charge in [-0.15, -0.1) is 11.3 Å². The number of aliphatic carboxylic acids is 1. The summed E-state index contributed by atoms with van der Waals surface area (Å²) in [6, 6.07) is -0.887. The summed E-state index contributed by atoms with van der Waals surface area (Å²) < 4.78 is 0. The van der Waals surface area contributed by atoms with Crippen molar-refractivity contribution < 1.29 is 14.7 Å². The molecule has 6 nitrogen and oxygen atoms in total. The molecule has 0 aromatic carbocycles. The third kappa shape index (κ3) is 4.80. The Balaban J connectivity index is 2.69. The van der Waals surface area contributed by atoms with Gasteiger partial charge in [0.25, 0.3) is 0 Å². The number of nitrogens with one attached hydrogen (secondary N) is 2. The van der Waals surface area contributed by atoms with E-state index in [2.05, 4.69) is 15.6 Å². The monoisotopic (exact) mass is 299 g/mol. The molecule has 0 saturated heterocycles. The van der Waals surface area contributed by atoms with E-state index in [1.807, 2.05) is 34.6 Å². The minimum atomic E-state index is -0.939. The molecule has 0 spiro atoms. The molecule has 1 atom stereocenters. The summed E-state index contributed by atoms with van der Waals surface area (Å²) in [6.07, 6.45) is -0.118. The number of amides is 2. The smallest absolute Gasteiger partial charge is 0.321 e. The second-order valence-electron chi connectivity index (χ2n) is 5.78. The Labute approximate surface area is 122 Å². The van der Waals surface area contributed by atoms with E-state index in [0.29, 0.717) is 5.13 Å². The highest BCUT2D eigenvalue weighted by Crippen LogP contribution is 2.23. The average molecular weight is 299 g/mol. The molecule has 0 bridgehead atoms. The number of carboxylic acid groups (broad SMARTS) is 1.